The monoisotopic (exact) mass is 270 g/mol. The molecular weight excluding hydrogens is 252 g/mol. The highest BCUT2D eigenvalue weighted by atomic mass is 32.2. The normalized spacial score (nSPS) is 15.5. The molecule has 0 radical (unpaired) electrons. The smallest absolute Gasteiger partial charge is 0.306 e. The van der Waals surface area contributed by atoms with Gasteiger partial charge in [0.2, 0.25) is 0 Å². The SMILES string of the molecule is COCCNS(=O)(=O)NCC(C)(O)CC(=O)O. The van der Waals surface area contributed by atoms with Crippen LogP contribution < -0.4 is 9.44 Å². The van der Waals surface area contributed by atoms with Gasteiger partial charge in [0, 0.05) is 20.2 Å². The number of rotatable bonds is 9. The summed E-state index contributed by atoms with van der Waals surface area (Å²) in [7, 11) is -2.33. The third kappa shape index (κ3) is 9.01. The summed E-state index contributed by atoms with van der Waals surface area (Å²) in [6, 6.07) is 0. The van der Waals surface area contributed by atoms with E-state index in [2.05, 4.69) is 14.2 Å². The van der Waals surface area contributed by atoms with Crippen LogP contribution >= 0.6 is 0 Å². The van der Waals surface area contributed by atoms with E-state index in [0.29, 0.717) is 0 Å². The number of carbonyl (C=O) groups is 1. The first-order valence-electron chi connectivity index (χ1n) is 4.86. The van der Waals surface area contributed by atoms with Crippen LogP contribution in [0, 0.1) is 0 Å². The fourth-order valence-electron chi connectivity index (χ4n) is 0.968. The summed E-state index contributed by atoms with van der Waals surface area (Å²) in [6.07, 6.45) is -0.548. The van der Waals surface area contributed by atoms with Crippen LogP contribution in [0.2, 0.25) is 0 Å². The number of methoxy groups -OCH3 is 1. The van der Waals surface area contributed by atoms with Gasteiger partial charge in [0.15, 0.2) is 0 Å². The van der Waals surface area contributed by atoms with Crippen molar-refractivity contribution in [1.29, 1.82) is 0 Å². The minimum Gasteiger partial charge on any atom is -0.481 e. The quantitative estimate of drug-likeness (QED) is 0.369. The second-order valence-corrected chi connectivity index (χ2v) is 5.36. The molecule has 8 nitrogen and oxygen atoms in total. The van der Waals surface area contributed by atoms with E-state index < -0.39 is 28.2 Å². The number of nitrogens with one attached hydrogen (secondary N) is 2. The van der Waals surface area contributed by atoms with E-state index >= 15 is 0 Å². The van der Waals surface area contributed by atoms with Gasteiger partial charge in [0.05, 0.1) is 18.6 Å². The lowest BCUT2D eigenvalue weighted by molar-refractivity contribution is -0.141. The summed E-state index contributed by atoms with van der Waals surface area (Å²) in [6.45, 7) is 1.15. The molecule has 0 spiro atoms. The zero-order chi connectivity index (χ0) is 13.5. The standard InChI is InChI=1S/C8H18N2O6S/c1-8(13,5-7(11)12)6-10-17(14,15)9-3-4-16-2/h9-10,13H,3-6H2,1-2H3,(H,11,12). The molecule has 0 saturated heterocycles. The number of ether oxygens (including phenoxy) is 1. The van der Waals surface area contributed by atoms with Crippen molar-refractivity contribution in [2.75, 3.05) is 26.8 Å². The molecule has 0 saturated carbocycles. The van der Waals surface area contributed by atoms with Crippen molar-refractivity contribution in [1.82, 2.24) is 9.44 Å². The molecule has 0 aliphatic rings. The van der Waals surface area contributed by atoms with E-state index in [-0.39, 0.29) is 19.7 Å². The van der Waals surface area contributed by atoms with Crippen molar-refractivity contribution in [3.8, 4) is 0 Å². The van der Waals surface area contributed by atoms with E-state index in [9.17, 15) is 18.3 Å². The van der Waals surface area contributed by atoms with Crippen molar-refractivity contribution in [2.45, 2.75) is 18.9 Å². The van der Waals surface area contributed by atoms with E-state index in [1.165, 1.54) is 14.0 Å². The second kappa shape index (κ2) is 6.87. The number of aliphatic hydroxyl groups is 1. The number of hydrogen-bond acceptors (Lipinski definition) is 5. The van der Waals surface area contributed by atoms with Crippen LogP contribution in [0.15, 0.2) is 0 Å². The van der Waals surface area contributed by atoms with Crippen molar-refractivity contribution >= 4 is 16.2 Å². The number of aliphatic carboxylic acids is 1. The van der Waals surface area contributed by atoms with E-state index in [1.54, 1.807) is 0 Å². The molecule has 1 unspecified atom stereocenters. The van der Waals surface area contributed by atoms with Gasteiger partial charge in [-0.2, -0.15) is 17.9 Å². The van der Waals surface area contributed by atoms with Crippen LogP contribution in [0.4, 0.5) is 0 Å². The Bertz CT molecular complexity index is 340. The highest BCUT2D eigenvalue weighted by Gasteiger charge is 2.26. The Labute approximate surface area is 100 Å². The third-order valence-electron chi connectivity index (χ3n) is 1.77. The molecule has 0 aromatic rings. The predicted octanol–water partition coefficient (Wildman–Crippen LogP) is -1.72. The first kappa shape index (κ1) is 16.3. The Hall–Kier alpha value is -0.740. The average Bonchev–Trinajstić information content (AvgIpc) is 2.14. The van der Waals surface area contributed by atoms with Gasteiger partial charge in [0.25, 0.3) is 10.2 Å². The van der Waals surface area contributed by atoms with Crippen LogP contribution in [-0.4, -0.2) is 57.0 Å². The number of carboxylic acids is 1. The maximum atomic E-state index is 11.3. The topological polar surface area (TPSA) is 125 Å². The van der Waals surface area contributed by atoms with E-state index in [1.807, 2.05) is 0 Å². The molecular formula is C8H18N2O6S. The van der Waals surface area contributed by atoms with Gasteiger partial charge in [-0.15, -0.1) is 0 Å². The maximum Gasteiger partial charge on any atom is 0.306 e. The zero-order valence-corrected chi connectivity index (χ0v) is 10.6. The van der Waals surface area contributed by atoms with Gasteiger partial charge in [-0.3, -0.25) is 4.79 Å². The Morgan fingerprint density at radius 1 is 1.41 bits per heavy atom. The molecule has 0 fully saturated rings. The molecule has 0 bridgehead atoms. The fourth-order valence-corrected chi connectivity index (χ4v) is 1.92. The van der Waals surface area contributed by atoms with Crippen LogP contribution in [-0.2, 0) is 19.7 Å². The molecule has 17 heavy (non-hydrogen) atoms. The lowest BCUT2D eigenvalue weighted by atomic mass is 10.0. The largest absolute Gasteiger partial charge is 0.481 e. The van der Waals surface area contributed by atoms with Crippen LogP contribution in [0.5, 0.6) is 0 Å². The molecule has 0 aromatic heterocycles. The molecule has 9 heteroatoms. The van der Waals surface area contributed by atoms with Crippen molar-refractivity contribution in [3.63, 3.8) is 0 Å². The summed E-state index contributed by atoms with van der Waals surface area (Å²) < 4.78 is 31.5. The molecule has 102 valence electrons. The summed E-state index contributed by atoms with van der Waals surface area (Å²) in [5.74, 6) is -1.21. The Morgan fingerprint density at radius 3 is 2.47 bits per heavy atom. The highest BCUT2D eigenvalue weighted by molar-refractivity contribution is 7.87. The van der Waals surface area contributed by atoms with Gasteiger partial charge in [-0.1, -0.05) is 0 Å². The van der Waals surface area contributed by atoms with Crippen LogP contribution in [0.3, 0.4) is 0 Å². The highest BCUT2D eigenvalue weighted by Crippen LogP contribution is 2.07. The van der Waals surface area contributed by atoms with Crippen molar-refractivity contribution in [3.05, 3.63) is 0 Å². The van der Waals surface area contributed by atoms with Gasteiger partial charge < -0.3 is 14.9 Å². The molecule has 0 aliphatic carbocycles. The molecule has 0 heterocycles. The van der Waals surface area contributed by atoms with Crippen molar-refractivity contribution < 1.29 is 28.2 Å². The van der Waals surface area contributed by atoms with Gasteiger partial charge in [-0.05, 0) is 6.92 Å². The van der Waals surface area contributed by atoms with E-state index in [4.69, 9.17) is 5.11 Å². The number of hydrogen-bond donors (Lipinski definition) is 4. The first-order valence-corrected chi connectivity index (χ1v) is 6.34. The van der Waals surface area contributed by atoms with Gasteiger partial charge in [-0.25, -0.2) is 0 Å². The van der Waals surface area contributed by atoms with Crippen LogP contribution in [0.1, 0.15) is 13.3 Å². The minimum absolute atomic E-state index is 0.0902. The van der Waals surface area contributed by atoms with Gasteiger partial charge >= 0.3 is 5.97 Å². The fraction of sp³-hybridized carbons (Fsp3) is 0.875. The molecule has 0 aromatic carbocycles. The lowest BCUT2D eigenvalue weighted by Crippen LogP contribution is -2.46. The Morgan fingerprint density at radius 2 is 2.00 bits per heavy atom. The molecule has 0 rings (SSSR count). The summed E-state index contributed by atoms with van der Waals surface area (Å²) in [5.41, 5.74) is -1.64. The Balaban J connectivity index is 4.12. The summed E-state index contributed by atoms with van der Waals surface area (Å²) >= 11 is 0. The molecule has 0 aliphatic heterocycles. The molecule has 1 atom stereocenters. The second-order valence-electron chi connectivity index (χ2n) is 3.78. The first-order chi connectivity index (χ1) is 7.68. The van der Waals surface area contributed by atoms with Crippen LogP contribution in [0.25, 0.3) is 0 Å². The average molecular weight is 270 g/mol. The van der Waals surface area contributed by atoms with E-state index in [0.717, 1.165) is 0 Å². The maximum absolute atomic E-state index is 11.3. The van der Waals surface area contributed by atoms with Crippen molar-refractivity contribution in [2.24, 2.45) is 0 Å². The molecule has 4 N–H and O–H groups in total. The van der Waals surface area contributed by atoms with Gasteiger partial charge in [0.1, 0.15) is 0 Å². The summed E-state index contributed by atoms with van der Waals surface area (Å²) in [5, 5.41) is 18.0. The molecule has 0 amide bonds. The zero-order valence-electron chi connectivity index (χ0n) is 9.76. The number of carboxylic acid groups (broad SMARTS) is 1. The minimum atomic E-state index is -3.76. The third-order valence-corrected chi connectivity index (χ3v) is 2.88. The Kier molecular flexibility index (Phi) is 6.57. The lowest BCUT2D eigenvalue weighted by Gasteiger charge is -2.21. The predicted molar refractivity (Wildman–Crippen MR) is 59.7 cm³/mol. The summed E-state index contributed by atoms with van der Waals surface area (Å²) in [4.78, 5) is 10.4.